The largest absolute Gasteiger partial charge is 0.459 e. The minimum atomic E-state index is -2.20. The molecule has 0 aliphatic carbocycles. The number of rotatable bonds is 14. The van der Waals surface area contributed by atoms with Crippen LogP contribution in [0.2, 0.25) is 39.3 Å². The van der Waals surface area contributed by atoms with Crippen LogP contribution < -0.4 is 0 Å². The standard InChI is InChI=1S/C46H90N2O14Si2/c1-22-34-46(11,52)39(49)30(5)37(47-62-43(7,8)53-14)27(2)25-44(9,51)35(59-42-38(60-63(16,17)18)32(48(12)13)23-28(3)55-42)24-33(29(4)41(50)58-34)57-36-26-45(10,54-15)40(31(6)56-36)61-64(19,20)21/h27-36,38-40,42,49,51-52H,22-26H2,1-21H3/b47-37+/t27-,28+,29-,30+,31-,32-,33+,34-,35-,36-,38+,39-,40-,42-,44-,45+,46-/m1/s1. The van der Waals surface area contributed by atoms with E-state index in [9.17, 15) is 20.1 Å². The number of ether oxygens (including phenoxy) is 7. The highest BCUT2D eigenvalue weighted by molar-refractivity contribution is 6.70. The van der Waals surface area contributed by atoms with E-state index < -0.39 is 112 Å². The fourth-order valence-electron chi connectivity index (χ4n) is 9.31. The van der Waals surface area contributed by atoms with E-state index in [-0.39, 0.29) is 43.9 Å². The molecule has 17 atom stereocenters. The Morgan fingerprint density at radius 1 is 0.875 bits per heavy atom. The minimum absolute atomic E-state index is 0.0195. The van der Waals surface area contributed by atoms with E-state index in [0.29, 0.717) is 12.1 Å². The maximum atomic E-state index is 14.5. The fraction of sp³-hybridized carbons (Fsp3) is 0.957. The predicted molar refractivity (Wildman–Crippen MR) is 251 cm³/mol. The lowest BCUT2D eigenvalue weighted by Gasteiger charge is -2.50. The van der Waals surface area contributed by atoms with Gasteiger partial charge in [-0.15, -0.1) is 0 Å². The number of carbonyl (C=O) groups is 1. The Balaban J connectivity index is 2.30. The Morgan fingerprint density at radius 3 is 1.98 bits per heavy atom. The summed E-state index contributed by atoms with van der Waals surface area (Å²) in [4.78, 5) is 22.6. The Kier molecular flexibility index (Phi) is 19.8. The van der Waals surface area contributed by atoms with E-state index in [1.807, 2.05) is 41.8 Å². The normalized spacial score (nSPS) is 42.3. The monoisotopic (exact) mass is 951 g/mol. The second kappa shape index (κ2) is 22.1. The maximum absolute atomic E-state index is 14.5. The molecular formula is C46H90N2O14Si2. The summed E-state index contributed by atoms with van der Waals surface area (Å²) < 4.78 is 58.6. The Hall–Kier alpha value is -1.11. The summed E-state index contributed by atoms with van der Waals surface area (Å²) in [6.07, 6.45) is -6.82. The van der Waals surface area contributed by atoms with Gasteiger partial charge in [-0.05, 0) is 114 Å². The molecule has 376 valence electrons. The van der Waals surface area contributed by atoms with Crippen LogP contribution in [-0.4, -0.2) is 167 Å². The van der Waals surface area contributed by atoms with Gasteiger partial charge in [0, 0.05) is 58.8 Å². The Labute approximate surface area is 387 Å². The van der Waals surface area contributed by atoms with Crippen molar-refractivity contribution in [2.24, 2.45) is 22.9 Å². The molecule has 0 amide bonds. The molecule has 64 heavy (non-hydrogen) atoms. The number of methoxy groups -OCH3 is 2. The topological polar surface area (TPSA) is 186 Å². The van der Waals surface area contributed by atoms with Crippen LogP contribution in [0.4, 0.5) is 0 Å². The molecule has 16 nitrogen and oxygen atoms in total. The lowest BCUT2D eigenvalue weighted by molar-refractivity contribution is -0.305. The van der Waals surface area contributed by atoms with E-state index in [0.717, 1.165) is 0 Å². The lowest BCUT2D eigenvalue weighted by Crippen LogP contribution is -2.61. The quantitative estimate of drug-likeness (QED) is 0.0747. The SMILES string of the molecule is CC[C@H]1OC(=O)[C@H](C)[C@@H](O[C@@H]2C[C@](C)(OC)[C@H](O[Si](C)(C)C)[C@@H](C)O2)C[C@@H](O[C@H]2O[C@@H](C)C[C@@H](N(C)C)[C@@H]2O[Si](C)(C)C)[C@](C)(O)C[C@@H](C)/C(=N\OC(C)(C)OC)[C@H](C)[C@@H](O)[C@]1(C)O. The van der Waals surface area contributed by atoms with Crippen LogP contribution in [0.3, 0.4) is 0 Å². The highest BCUT2D eigenvalue weighted by Crippen LogP contribution is 2.41. The first-order valence-corrected chi connectivity index (χ1v) is 30.3. The van der Waals surface area contributed by atoms with Crippen molar-refractivity contribution in [3.05, 3.63) is 0 Å². The third-order valence-electron chi connectivity index (χ3n) is 13.3. The van der Waals surface area contributed by atoms with Crippen LogP contribution in [0.15, 0.2) is 5.16 Å². The molecule has 0 bridgehead atoms. The zero-order valence-corrected chi connectivity index (χ0v) is 45.3. The van der Waals surface area contributed by atoms with Crippen molar-refractivity contribution >= 4 is 28.3 Å². The number of oxime groups is 1. The van der Waals surface area contributed by atoms with Gasteiger partial charge in [-0.2, -0.15) is 0 Å². The summed E-state index contributed by atoms with van der Waals surface area (Å²) >= 11 is 0. The molecule has 3 saturated heterocycles. The highest BCUT2D eigenvalue weighted by atomic mass is 28.4. The highest BCUT2D eigenvalue weighted by Gasteiger charge is 2.53. The first kappa shape index (κ1) is 57.2. The molecule has 3 fully saturated rings. The molecule has 0 radical (unpaired) electrons. The number of cyclic esters (lactones) is 1. The molecule has 3 heterocycles. The van der Waals surface area contributed by atoms with Gasteiger partial charge in [-0.3, -0.25) is 4.79 Å². The van der Waals surface area contributed by atoms with Gasteiger partial charge in [-0.1, -0.05) is 25.9 Å². The van der Waals surface area contributed by atoms with Gasteiger partial charge in [0.2, 0.25) is 5.79 Å². The average molecular weight is 951 g/mol. The lowest BCUT2D eigenvalue weighted by atomic mass is 9.75. The Bertz CT molecular complexity index is 1520. The van der Waals surface area contributed by atoms with E-state index in [2.05, 4.69) is 49.3 Å². The van der Waals surface area contributed by atoms with Crippen molar-refractivity contribution in [2.75, 3.05) is 28.3 Å². The maximum Gasteiger partial charge on any atom is 0.311 e. The van der Waals surface area contributed by atoms with Crippen molar-refractivity contribution < 1.29 is 67.0 Å². The molecule has 3 N–H and O–H groups in total. The van der Waals surface area contributed by atoms with Gasteiger partial charge in [-0.25, -0.2) is 0 Å². The molecular weight excluding hydrogens is 861 g/mol. The molecule has 18 heteroatoms. The molecule has 0 unspecified atom stereocenters. The summed E-state index contributed by atoms with van der Waals surface area (Å²) in [6, 6.07) is -0.0693. The molecule has 0 aromatic carbocycles. The minimum Gasteiger partial charge on any atom is -0.459 e. The van der Waals surface area contributed by atoms with Gasteiger partial charge in [0.15, 0.2) is 29.2 Å². The van der Waals surface area contributed by atoms with E-state index in [1.54, 1.807) is 48.7 Å². The van der Waals surface area contributed by atoms with Gasteiger partial charge in [0.05, 0.1) is 59.5 Å². The smallest absolute Gasteiger partial charge is 0.311 e. The van der Waals surface area contributed by atoms with Crippen LogP contribution in [0.5, 0.6) is 0 Å². The molecule has 0 aromatic heterocycles. The third kappa shape index (κ3) is 14.9. The van der Waals surface area contributed by atoms with E-state index >= 15 is 0 Å². The summed E-state index contributed by atoms with van der Waals surface area (Å²) in [5, 5.41) is 41.7. The van der Waals surface area contributed by atoms with Crippen molar-refractivity contribution in [2.45, 2.75) is 238 Å². The number of esters is 1. The predicted octanol–water partition coefficient (Wildman–Crippen LogP) is 6.44. The number of aliphatic hydroxyl groups excluding tert-OH is 1. The Morgan fingerprint density at radius 2 is 1.47 bits per heavy atom. The van der Waals surface area contributed by atoms with Crippen LogP contribution in [0, 0.1) is 17.8 Å². The van der Waals surface area contributed by atoms with Crippen LogP contribution in [-0.2, 0) is 51.6 Å². The number of hydrogen-bond donors (Lipinski definition) is 3. The summed E-state index contributed by atoms with van der Waals surface area (Å²) in [5.41, 5.74) is -4.07. The summed E-state index contributed by atoms with van der Waals surface area (Å²) in [7, 11) is 2.92. The van der Waals surface area contributed by atoms with Crippen LogP contribution in [0.25, 0.3) is 0 Å². The average Bonchev–Trinajstić information content (AvgIpc) is 3.16. The third-order valence-corrected chi connectivity index (χ3v) is 15.2. The van der Waals surface area contributed by atoms with Crippen molar-refractivity contribution in [3.63, 3.8) is 0 Å². The van der Waals surface area contributed by atoms with Gasteiger partial charge >= 0.3 is 5.97 Å². The van der Waals surface area contributed by atoms with Crippen LogP contribution >= 0.6 is 0 Å². The van der Waals surface area contributed by atoms with Crippen molar-refractivity contribution in [1.82, 2.24) is 4.90 Å². The number of carbonyl (C=O) groups excluding carboxylic acids is 1. The number of hydrogen-bond acceptors (Lipinski definition) is 16. The number of aliphatic hydroxyl groups is 3. The van der Waals surface area contributed by atoms with Crippen molar-refractivity contribution in [3.8, 4) is 0 Å². The number of likely N-dealkylation sites (N-methyl/N-ethyl adjacent to an activating group) is 1. The molecule has 3 aliphatic rings. The first-order valence-electron chi connectivity index (χ1n) is 23.4. The van der Waals surface area contributed by atoms with Crippen LogP contribution in [0.1, 0.15) is 108 Å². The zero-order valence-electron chi connectivity index (χ0n) is 43.3. The second-order valence-electron chi connectivity index (χ2n) is 22.2. The molecule has 3 aliphatic heterocycles. The fourth-order valence-corrected chi connectivity index (χ4v) is 11.6. The number of nitrogens with zero attached hydrogens (tertiary/aromatic N) is 2. The molecule has 0 aromatic rings. The van der Waals surface area contributed by atoms with Crippen molar-refractivity contribution in [1.29, 1.82) is 0 Å². The van der Waals surface area contributed by atoms with Gasteiger partial charge in [0.1, 0.15) is 17.8 Å². The zero-order chi connectivity index (χ0) is 49.1. The molecule has 3 rings (SSSR count). The second-order valence-corrected chi connectivity index (χ2v) is 31.1. The van der Waals surface area contributed by atoms with E-state index in [1.165, 1.54) is 14.0 Å². The summed E-state index contributed by atoms with van der Waals surface area (Å²) in [6.45, 7) is 32.2. The van der Waals surface area contributed by atoms with Gasteiger partial charge in [0.25, 0.3) is 0 Å². The van der Waals surface area contributed by atoms with E-state index in [4.69, 9.17) is 46.8 Å². The summed E-state index contributed by atoms with van der Waals surface area (Å²) in [5.74, 6) is -4.21. The molecule has 0 saturated carbocycles. The van der Waals surface area contributed by atoms with Gasteiger partial charge < -0.3 is 67.1 Å². The first-order chi connectivity index (χ1) is 29.1. The molecule has 0 spiro atoms.